The zero-order chi connectivity index (χ0) is 13.7. The standard InChI is InChI=1S/C13H13ClN4O/c14-10-4-6-11(7-5-10)19-12-3-1-2-9(8-12)13(17-15)18-16/h1-8H,15-16H2,(H,17,18). The molecule has 5 nitrogen and oxygen atoms in total. The van der Waals surface area contributed by atoms with Crippen molar-refractivity contribution < 1.29 is 4.74 Å². The van der Waals surface area contributed by atoms with Crippen LogP contribution in [0.3, 0.4) is 0 Å². The van der Waals surface area contributed by atoms with E-state index in [-0.39, 0.29) is 0 Å². The number of hydrogen-bond donors (Lipinski definition) is 3. The monoisotopic (exact) mass is 276 g/mol. The van der Waals surface area contributed by atoms with E-state index >= 15 is 0 Å². The molecule has 5 N–H and O–H groups in total. The van der Waals surface area contributed by atoms with Crippen LogP contribution in [-0.2, 0) is 0 Å². The van der Waals surface area contributed by atoms with E-state index in [2.05, 4.69) is 10.5 Å². The van der Waals surface area contributed by atoms with Crippen molar-refractivity contribution in [3.63, 3.8) is 0 Å². The van der Waals surface area contributed by atoms with Crippen LogP contribution < -0.4 is 21.8 Å². The minimum Gasteiger partial charge on any atom is -0.457 e. The molecule has 0 aliphatic rings. The molecule has 0 saturated carbocycles. The van der Waals surface area contributed by atoms with Crippen LogP contribution in [0.25, 0.3) is 0 Å². The number of hydrazine groups is 1. The lowest BCUT2D eigenvalue weighted by Crippen LogP contribution is -2.31. The van der Waals surface area contributed by atoms with Gasteiger partial charge in [0.1, 0.15) is 11.5 Å². The van der Waals surface area contributed by atoms with E-state index in [1.54, 1.807) is 30.3 Å². The Morgan fingerprint density at radius 1 is 1.11 bits per heavy atom. The van der Waals surface area contributed by atoms with Crippen LogP contribution in [0.1, 0.15) is 5.56 Å². The Labute approximate surface area is 115 Å². The topological polar surface area (TPSA) is 85.7 Å². The smallest absolute Gasteiger partial charge is 0.166 e. The highest BCUT2D eigenvalue weighted by atomic mass is 35.5. The van der Waals surface area contributed by atoms with Gasteiger partial charge < -0.3 is 16.0 Å². The number of nitrogens with two attached hydrogens (primary N) is 2. The van der Waals surface area contributed by atoms with Gasteiger partial charge in [0.2, 0.25) is 0 Å². The van der Waals surface area contributed by atoms with Crippen LogP contribution in [-0.4, -0.2) is 5.84 Å². The first-order valence-corrected chi connectivity index (χ1v) is 5.89. The Bertz CT molecular complexity index is 583. The highest BCUT2D eigenvalue weighted by Crippen LogP contribution is 2.23. The number of nitrogens with one attached hydrogen (secondary N) is 1. The van der Waals surface area contributed by atoms with Crippen LogP contribution >= 0.6 is 11.6 Å². The quantitative estimate of drug-likeness (QED) is 0.347. The third kappa shape index (κ3) is 3.37. The maximum atomic E-state index is 5.81. The van der Waals surface area contributed by atoms with Crippen molar-refractivity contribution in [3.8, 4) is 11.5 Å². The Morgan fingerprint density at radius 2 is 1.84 bits per heavy atom. The van der Waals surface area contributed by atoms with Gasteiger partial charge in [0, 0.05) is 10.6 Å². The van der Waals surface area contributed by atoms with Crippen LogP contribution in [0.15, 0.2) is 53.6 Å². The van der Waals surface area contributed by atoms with Gasteiger partial charge in [-0.3, -0.25) is 0 Å². The average molecular weight is 277 g/mol. The predicted molar refractivity (Wildman–Crippen MR) is 76.0 cm³/mol. The molecule has 0 spiro atoms. The van der Waals surface area contributed by atoms with Gasteiger partial charge in [-0.05, 0) is 36.4 Å². The van der Waals surface area contributed by atoms with Crippen molar-refractivity contribution in [1.29, 1.82) is 0 Å². The second-order valence-electron chi connectivity index (χ2n) is 3.71. The third-order valence-electron chi connectivity index (χ3n) is 2.42. The number of rotatable bonds is 3. The first kappa shape index (κ1) is 13.2. The Kier molecular flexibility index (Phi) is 4.22. The molecule has 0 bridgehead atoms. The van der Waals surface area contributed by atoms with E-state index in [0.717, 1.165) is 5.56 Å². The fourth-order valence-electron chi connectivity index (χ4n) is 1.54. The lowest BCUT2D eigenvalue weighted by Gasteiger charge is -2.08. The maximum Gasteiger partial charge on any atom is 0.166 e. The number of hydrazone groups is 1. The molecular weight excluding hydrogens is 264 g/mol. The Hall–Kier alpha value is -2.24. The van der Waals surface area contributed by atoms with Crippen molar-refractivity contribution in [2.75, 3.05) is 0 Å². The molecule has 0 saturated heterocycles. The van der Waals surface area contributed by atoms with Crippen molar-refractivity contribution in [1.82, 2.24) is 5.43 Å². The lowest BCUT2D eigenvalue weighted by atomic mass is 10.2. The molecule has 2 aromatic carbocycles. The van der Waals surface area contributed by atoms with Gasteiger partial charge in [-0.1, -0.05) is 23.7 Å². The summed E-state index contributed by atoms with van der Waals surface area (Å²) in [5.74, 6) is 12.3. The number of hydrogen-bond acceptors (Lipinski definition) is 4. The minimum atomic E-state index is 0.376. The molecule has 2 rings (SSSR count). The SMILES string of the molecule is N/N=C(\NN)c1cccc(Oc2ccc(Cl)cc2)c1. The van der Waals surface area contributed by atoms with Crippen LogP contribution in [0.4, 0.5) is 0 Å². The summed E-state index contributed by atoms with van der Waals surface area (Å²) >= 11 is 5.81. The van der Waals surface area contributed by atoms with Crippen LogP contribution in [0.5, 0.6) is 11.5 Å². The molecule has 0 aliphatic carbocycles. The second kappa shape index (κ2) is 6.08. The van der Waals surface area contributed by atoms with E-state index in [4.69, 9.17) is 28.0 Å². The molecular formula is C13H13ClN4O. The summed E-state index contributed by atoms with van der Waals surface area (Å²) in [7, 11) is 0. The third-order valence-corrected chi connectivity index (χ3v) is 2.67. The normalized spacial score (nSPS) is 11.2. The van der Waals surface area contributed by atoms with Gasteiger partial charge in [-0.25, -0.2) is 5.84 Å². The highest BCUT2D eigenvalue weighted by molar-refractivity contribution is 6.30. The molecule has 0 aromatic heterocycles. The van der Waals surface area contributed by atoms with E-state index in [0.29, 0.717) is 22.4 Å². The van der Waals surface area contributed by atoms with E-state index in [1.807, 2.05) is 18.2 Å². The summed E-state index contributed by atoms with van der Waals surface area (Å²) in [6.07, 6.45) is 0. The molecule has 2 aromatic rings. The summed E-state index contributed by atoms with van der Waals surface area (Å²) in [5.41, 5.74) is 3.15. The van der Waals surface area contributed by atoms with Gasteiger partial charge in [-0.15, -0.1) is 0 Å². The summed E-state index contributed by atoms with van der Waals surface area (Å²) in [5, 5.41) is 4.20. The Balaban J connectivity index is 2.22. The highest BCUT2D eigenvalue weighted by Gasteiger charge is 2.04. The lowest BCUT2D eigenvalue weighted by molar-refractivity contribution is 0.482. The second-order valence-corrected chi connectivity index (χ2v) is 4.14. The van der Waals surface area contributed by atoms with Crippen molar-refractivity contribution >= 4 is 17.4 Å². The van der Waals surface area contributed by atoms with Crippen LogP contribution in [0, 0.1) is 0 Å². The average Bonchev–Trinajstić information content (AvgIpc) is 2.43. The summed E-state index contributed by atoms with van der Waals surface area (Å²) in [6, 6.07) is 14.3. The van der Waals surface area contributed by atoms with E-state index < -0.39 is 0 Å². The van der Waals surface area contributed by atoms with Crippen molar-refractivity contribution in [2.45, 2.75) is 0 Å². The fourth-order valence-corrected chi connectivity index (χ4v) is 1.67. The molecule has 0 atom stereocenters. The molecule has 0 heterocycles. The van der Waals surface area contributed by atoms with Gasteiger partial charge >= 0.3 is 0 Å². The first-order valence-electron chi connectivity index (χ1n) is 5.51. The molecule has 98 valence electrons. The van der Waals surface area contributed by atoms with Crippen molar-refractivity contribution in [2.24, 2.45) is 16.8 Å². The van der Waals surface area contributed by atoms with E-state index in [9.17, 15) is 0 Å². The number of halogens is 1. The fraction of sp³-hybridized carbons (Fsp3) is 0. The van der Waals surface area contributed by atoms with Gasteiger partial charge in [0.25, 0.3) is 0 Å². The number of amidine groups is 1. The largest absolute Gasteiger partial charge is 0.457 e. The van der Waals surface area contributed by atoms with Gasteiger partial charge in [0.05, 0.1) is 0 Å². The van der Waals surface area contributed by atoms with E-state index in [1.165, 1.54) is 0 Å². The zero-order valence-corrected chi connectivity index (χ0v) is 10.8. The maximum absolute atomic E-state index is 5.81. The zero-order valence-electron chi connectivity index (χ0n) is 10.0. The molecule has 0 unspecified atom stereocenters. The molecule has 0 fully saturated rings. The first-order chi connectivity index (χ1) is 9.22. The summed E-state index contributed by atoms with van der Waals surface area (Å²) < 4.78 is 5.69. The molecule has 0 aliphatic heterocycles. The Morgan fingerprint density at radius 3 is 2.47 bits per heavy atom. The van der Waals surface area contributed by atoms with Gasteiger partial charge in [0.15, 0.2) is 5.84 Å². The van der Waals surface area contributed by atoms with Crippen LogP contribution in [0.2, 0.25) is 5.02 Å². The molecule has 19 heavy (non-hydrogen) atoms. The molecule has 6 heteroatoms. The number of nitrogens with zero attached hydrogens (tertiary/aromatic N) is 1. The predicted octanol–water partition coefficient (Wildman–Crippen LogP) is 2.22. The number of benzene rings is 2. The minimum absolute atomic E-state index is 0.376. The summed E-state index contributed by atoms with van der Waals surface area (Å²) in [6.45, 7) is 0. The summed E-state index contributed by atoms with van der Waals surface area (Å²) in [4.78, 5) is 0. The number of ether oxygens (including phenoxy) is 1. The molecule has 0 amide bonds. The van der Waals surface area contributed by atoms with Crippen molar-refractivity contribution in [3.05, 3.63) is 59.1 Å². The van der Waals surface area contributed by atoms with Gasteiger partial charge in [-0.2, -0.15) is 5.10 Å². The molecule has 0 radical (unpaired) electrons.